The van der Waals surface area contributed by atoms with Crippen molar-refractivity contribution in [3.8, 4) is 0 Å². The first-order valence-corrected chi connectivity index (χ1v) is 21.5. The minimum Gasteiger partial charge on any atom is -0.355 e. The number of para-hydroxylation sites is 1. The Balaban J connectivity index is 1.38. The van der Waals surface area contributed by atoms with Crippen LogP contribution in [-0.2, 0) is 16.2 Å². The molecule has 6 aromatic rings. The predicted molar refractivity (Wildman–Crippen MR) is 237 cm³/mol. The van der Waals surface area contributed by atoms with Crippen LogP contribution >= 0.6 is 35.3 Å². The third kappa shape index (κ3) is 8.44. The number of hydrogen-bond donors (Lipinski definition) is 1. The quantitative estimate of drug-likeness (QED) is 0.165. The van der Waals surface area contributed by atoms with Crippen LogP contribution in [-0.4, -0.2) is 11.6 Å². The van der Waals surface area contributed by atoms with Gasteiger partial charge in [-0.05, 0) is 106 Å². The van der Waals surface area contributed by atoms with E-state index in [2.05, 4.69) is 140 Å². The van der Waals surface area contributed by atoms with E-state index >= 15 is 9.59 Å². The second kappa shape index (κ2) is 15.5. The van der Waals surface area contributed by atoms with Crippen LogP contribution in [0.25, 0.3) is 0 Å². The summed E-state index contributed by atoms with van der Waals surface area (Å²) in [5.41, 5.74) is 7.00. The average Bonchev–Trinajstić information content (AvgIpc) is 3.15. The molecule has 0 amide bonds. The number of ketones is 2. The lowest BCUT2D eigenvalue weighted by Crippen LogP contribution is -2.25. The van der Waals surface area contributed by atoms with E-state index in [9.17, 15) is 0 Å². The number of fused-ring (bicyclic) bond motifs is 2. The van der Waals surface area contributed by atoms with E-state index in [1.807, 2.05) is 54.6 Å². The molecule has 0 heterocycles. The first-order valence-electron chi connectivity index (χ1n) is 19.1. The van der Waals surface area contributed by atoms with Crippen molar-refractivity contribution in [2.45, 2.75) is 108 Å². The molecule has 0 spiro atoms. The fourth-order valence-corrected chi connectivity index (χ4v) is 9.67. The van der Waals surface area contributed by atoms with Gasteiger partial charge in [0.25, 0.3) is 0 Å². The molecule has 0 atom stereocenters. The molecule has 1 aliphatic rings. The number of benzene rings is 6. The summed E-state index contributed by atoms with van der Waals surface area (Å²) in [6.07, 6.45) is 0. The van der Waals surface area contributed by atoms with Crippen LogP contribution in [0, 0.1) is 0 Å². The minimum atomic E-state index is -0.155. The standard InChI is InChI=1S/C50H49NO2S3/c1-48(2,3)31-15-21-35(22-16-31)54-39-28-27-38(51-34-13-11-10-12-14-34)42-43(39)47(53)45-41(56-37-25-19-33(20-26-37)50(7,8)9)30-29-40(44(45)46(42)52)55-36-23-17-32(18-24-36)49(4,5)6/h10-30,51H,1-9H3. The summed E-state index contributed by atoms with van der Waals surface area (Å²) < 4.78 is 0. The van der Waals surface area contributed by atoms with Gasteiger partial charge in [0.2, 0.25) is 0 Å². The van der Waals surface area contributed by atoms with Gasteiger partial charge in [-0.25, -0.2) is 0 Å². The highest BCUT2D eigenvalue weighted by molar-refractivity contribution is 8.00. The average molecular weight is 792 g/mol. The molecule has 0 fully saturated rings. The zero-order valence-corrected chi connectivity index (χ0v) is 36.1. The van der Waals surface area contributed by atoms with Gasteiger partial charge in [-0.15, -0.1) is 0 Å². The molecule has 0 saturated heterocycles. The molecule has 1 N–H and O–H groups in total. The van der Waals surface area contributed by atoms with Crippen molar-refractivity contribution in [1.29, 1.82) is 0 Å². The lowest BCUT2D eigenvalue weighted by Gasteiger charge is -2.26. The molecule has 6 aromatic carbocycles. The van der Waals surface area contributed by atoms with Crippen molar-refractivity contribution in [3.05, 3.63) is 166 Å². The summed E-state index contributed by atoms with van der Waals surface area (Å²) in [4.78, 5) is 36.1. The molecule has 56 heavy (non-hydrogen) atoms. The normalized spacial score (nSPS) is 13.0. The van der Waals surface area contributed by atoms with E-state index in [-0.39, 0.29) is 27.8 Å². The molecule has 284 valence electrons. The summed E-state index contributed by atoms with van der Waals surface area (Å²) in [7, 11) is 0. The van der Waals surface area contributed by atoms with Crippen LogP contribution in [0.2, 0.25) is 0 Å². The van der Waals surface area contributed by atoms with Crippen LogP contribution in [0.15, 0.2) is 157 Å². The number of nitrogens with one attached hydrogen (secondary N) is 1. The van der Waals surface area contributed by atoms with Crippen LogP contribution in [0.1, 0.15) is 111 Å². The smallest absolute Gasteiger partial charge is 0.197 e. The van der Waals surface area contributed by atoms with Gasteiger partial charge in [0.1, 0.15) is 0 Å². The zero-order chi connectivity index (χ0) is 40.0. The van der Waals surface area contributed by atoms with Crippen LogP contribution in [0.3, 0.4) is 0 Å². The van der Waals surface area contributed by atoms with E-state index in [4.69, 9.17) is 0 Å². The number of hydrogen-bond acceptors (Lipinski definition) is 6. The summed E-state index contributed by atoms with van der Waals surface area (Å²) in [5, 5.41) is 3.50. The maximum atomic E-state index is 15.4. The summed E-state index contributed by atoms with van der Waals surface area (Å²) >= 11 is 4.60. The topological polar surface area (TPSA) is 46.2 Å². The Bertz CT molecular complexity index is 2410. The second-order valence-electron chi connectivity index (χ2n) is 17.5. The Hall–Kier alpha value is -4.49. The van der Waals surface area contributed by atoms with E-state index in [0.29, 0.717) is 27.9 Å². The lowest BCUT2D eigenvalue weighted by molar-refractivity contribution is 0.0973. The van der Waals surface area contributed by atoms with Gasteiger partial charge in [-0.3, -0.25) is 9.59 Å². The zero-order valence-electron chi connectivity index (χ0n) is 33.7. The first-order chi connectivity index (χ1) is 26.5. The third-order valence-corrected chi connectivity index (χ3v) is 13.3. The van der Waals surface area contributed by atoms with Crippen molar-refractivity contribution in [2.24, 2.45) is 0 Å². The summed E-state index contributed by atoms with van der Waals surface area (Å²) in [6.45, 7) is 19.8. The maximum absolute atomic E-state index is 15.4. The fraction of sp³-hybridized carbons (Fsp3) is 0.240. The second-order valence-corrected chi connectivity index (χ2v) is 20.8. The van der Waals surface area contributed by atoms with Gasteiger partial charge in [0.05, 0.1) is 11.3 Å². The van der Waals surface area contributed by atoms with Crippen molar-refractivity contribution in [2.75, 3.05) is 5.32 Å². The van der Waals surface area contributed by atoms with Gasteiger partial charge >= 0.3 is 0 Å². The van der Waals surface area contributed by atoms with Crippen LogP contribution in [0.4, 0.5) is 11.4 Å². The molecule has 0 bridgehead atoms. The third-order valence-electron chi connectivity index (χ3n) is 10.1. The molecule has 3 nitrogen and oxygen atoms in total. The van der Waals surface area contributed by atoms with Crippen molar-refractivity contribution in [3.63, 3.8) is 0 Å². The lowest BCUT2D eigenvalue weighted by atomic mass is 9.83. The Labute approximate surface area is 345 Å². The molecule has 0 saturated carbocycles. The summed E-state index contributed by atoms with van der Waals surface area (Å²) in [6, 6.07) is 43.4. The minimum absolute atomic E-state index is 0.0185. The van der Waals surface area contributed by atoms with Crippen LogP contribution in [0.5, 0.6) is 0 Å². The van der Waals surface area contributed by atoms with Gasteiger partial charge in [0.15, 0.2) is 11.6 Å². The molecule has 0 unspecified atom stereocenters. The van der Waals surface area contributed by atoms with Gasteiger partial charge in [-0.1, -0.05) is 152 Å². The predicted octanol–water partition coefficient (Wildman–Crippen LogP) is 14.6. The van der Waals surface area contributed by atoms with E-state index < -0.39 is 0 Å². The monoisotopic (exact) mass is 791 g/mol. The fourth-order valence-electron chi connectivity index (χ4n) is 6.80. The highest BCUT2D eigenvalue weighted by Gasteiger charge is 2.38. The van der Waals surface area contributed by atoms with E-state index in [1.54, 1.807) is 0 Å². The van der Waals surface area contributed by atoms with Crippen molar-refractivity contribution < 1.29 is 9.59 Å². The molecule has 1 aliphatic carbocycles. The highest BCUT2D eigenvalue weighted by Crippen LogP contribution is 2.48. The molecule has 6 heteroatoms. The Morgan fingerprint density at radius 3 is 1.05 bits per heavy atom. The largest absolute Gasteiger partial charge is 0.355 e. The first kappa shape index (κ1) is 39.7. The van der Waals surface area contributed by atoms with Gasteiger partial charge < -0.3 is 5.32 Å². The SMILES string of the molecule is CC(C)(C)c1ccc(Sc2ccc(Nc3ccccc3)c3c2C(=O)c2c(Sc4ccc(C(C)(C)C)cc4)ccc(Sc4ccc(C(C)(C)C)cc4)c2C3=O)cc1. The van der Waals surface area contributed by atoms with Gasteiger partial charge in [0, 0.05) is 51.8 Å². The van der Waals surface area contributed by atoms with Gasteiger partial charge in [-0.2, -0.15) is 0 Å². The molecule has 0 aliphatic heterocycles. The van der Waals surface area contributed by atoms with Crippen molar-refractivity contribution >= 4 is 58.2 Å². The molecule has 0 radical (unpaired) electrons. The number of anilines is 2. The number of rotatable bonds is 8. The Kier molecular flexibility index (Phi) is 11.0. The molecular formula is C50H49NO2S3. The molecular weight excluding hydrogens is 743 g/mol. The maximum Gasteiger partial charge on any atom is 0.197 e. The Morgan fingerprint density at radius 1 is 0.375 bits per heavy atom. The van der Waals surface area contributed by atoms with E-state index in [0.717, 1.165) is 35.1 Å². The Morgan fingerprint density at radius 2 is 0.696 bits per heavy atom. The summed E-state index contributed by atoms with van der Waals surface area (Å²) in [5.74, 6) is -0.294. The van der Waals surface area contributed by atoms with Crippen molar-refractivity contribution in [1.82, 2.24) is 0 Å². The van der Waals surface area contributed by atoms with E-state index in [1.165, 1.54) is 52.0 Å². The van der Waals surface area contributed by atoms with Crippen LogP contribution < -0.4 is 5.32 Å². The number of carbonyl (C=O) groups excluding carboxylic acids is 2. The molecule has 0 aromatic heterocycles. The number of carbonyl (C=O) groups is 2. The highest BCUT2D eigenvalue weighted by atomic mass is 32.2. The molecule has 7 rings (SSSR count).